The molecule has 3 aromatic rings. The number of sulfone groups is 1. The van der Waals surface area contributed by atoms with Gasteiger partial charge in [0.05, 0.1) is 22.7 Å². The third-order valence-corrected chi connectivity index (χ3v) is 6.44. The number of methoxy groups -OCH3 is 1. The molecule has 0 bridgehead atoms. The summed E-state index contributed by atoms with van der Waals surface area (Å²) < 4.78 is 70.2. The Morgan fingerprint density at radius 1 is 1.13 bits per heavy atom. The van der Waals surface area contributed by atoms with Crippen molar-refractivity contribution in [3.63, 3.8) is 0 Å². The van der Waals surface area contributed by atoms with Gasteiger partial charge in [0, 0.05) is 11.1 Å². The van der Waals surface area contributed by atoms with Crippen LogP contribution in [0.2, 0.25) is 5.02 Å². The standard InChI is InChI=1S/C20H16ClF3N2O4S/c1-11(27)10-31(28,29)14-6-3-12(4-7-14)18-17(19(26-25-18)20(22,23)24)13-5-8-16(30-2)15(21)9-13/h3-9H,10H2,1-2H3,(H,25,26). The molecule has 164 valence electrons. The van der Waals surface area contributed by atoms with Crippen molar-refractivity contribution < 1.29 is 31.1 Å². The van der Waals surface area contributed by atoms with E-state index < -0.39 is 33.2 Å². The highest BCUT2D eigenvalue weighted by molar-refractivity contribution is 7.92. The van der Waals surface area contributed by atoms with Crippen LogP contribution in [0.15, 0.2) is 47.4 Å². The molecule has 0 aliphatic heterocycles. The van der Waals surface area contributed by atoms with Gasteiger partial charge in [-0.3, -0.25) is 9.89 Å². The fourth-order valence-corrected chi connectivity index (χ4v) is 4.55. The van der Waals surface area contributed by atoms with Crippen LogP contribution in [-0.2, 0) is 20.8 Å². The van der Waals surface area contributed by atoms with Crippen LogP contribution in [0.25, 0.3) is 22.4 Å². The lowest BCUT2D eigenvalue weighted by Gasteiger charge is -2.11. The second kappa shape index (κ2) is 8.35. The van der Waals surface area contributed by atoms with Crippen molar-refractivity contribution in [3.8, 4) is 28.1 Å². The minimum absolute atomic E-state index is 0.0316. The third-order valence-electron chi connectivity index (χ3n) is 4.37. The lowest BCUT2D eigenvalue weighted by atomic mass is 9.98. The van der Waals surface area contributed by atoms with Gasteiger partial charge in [-0.05, 0) is 36.8 Å². The molecule has 0 fully saturated rings. The van der Waals surface area contributed by atoms with Crippen molar-refractivity contribution in [2.24, 2.45) is 0 Å². The van der Waals surface area contributed by atoms with E-state index in [1.165, 1.54) is 49.6 Å². The number of hydrogen-bond acceptors (Lipinski definition) is 5. The first kappa shape index (κ1) is 22.8. The third kappa shape index (κ3) is 4.75. The molecule has 0 saturated heterocycles. The van der Waals surface area contributed by atoms with Gasteiger partial charge in [0.25, 0.3) is 0 Å². The number of alkyl halides is 3. The molecule has 31 heavy (non-hydrogen) atoms. The summed E-state index contributed by atoms with van der Waals surface area (Å²) in [4.78, 5) is 11.1. The smallest absolute Gasteiger partial charge is 0.435 e. The molecule has 1 aromatic heterocycles. The number of halogens is 4. The van der Waals surface area contributed by atoms with Crippen LogP contribution >= 0.6 is 11.6 Å². The van der Waals surface area contributed by atoms with E-state index in [9.17, 15) is 26.4 Å². The topological polar surface area (TPSA) is 89.1 Å². The van der Waals surface area contributed by atoms with E-state index in [1.807, 2.05) is 0 Å². The summed E-state index contributed by atoms with van der Waals surface area (Å²) >= 11 is 6.09. The molecule has 3 rings (SSSR count). The Hall–Kier alpha value is -2.85. The van der Waals surface area contributed by atoms with Crippen LogP contribution < -0.4 is 4.74 Å². The number of benzene rings is 2. The van der Waals surface area contributed by atoms with Crippen LogP contribution in [0.3, 0.4) is 0 Å². The first-order chi connectivity index (χ1) is 14.4. The Bertz CT molecular complexity index is 1240. The highest BCUT2D eigenvalue weighted by atomic mass is 35.5. The number of ketones is 1. The molecular formula is C20H16ClF3N2O4S. The SMILES string of the molecule is COc1ccc(-c2c(C(F)(F)F)n[nH]c2-c2ccc(S(=O)(=O)CC(C)=O)cc2)cc1Cl. The molecule has 1 N–H and O–H groups in total. The van der Waals surface area contributed by atoms with Crippen molar-refractivity contribution in [1.82, 2.24) is 10.2 Å². The monoisotopic (exact) mass is 472 g/mol. The van der Waals surface area contributed by atoms with Crippen molar-refractivity contribution in [2.75, 3.05) is 12.9 Å². The van der Waals surface area contributed by atoms with E-state index in [-0.39, 0.29) is 32.3 Å². The predicted molar refractivity (Wildman–Crippen MR) is 109 cm³/mol. The highest BCUT2D eigenvalue weighted by Crippen LogP contribution is 2.42. The number of hydrogen-bond donors (Lipinski definition) is 1. The lowest BCUT2D eigenvalue weighted by Crippen LogP contribution is -2.13. The zero-order valence-corrected chi connectivity index (χ0v) is 17.8. The normalized spacial score (nSPS) is 12.1. The Labute approximate surface area is 180 Å². The van der Waals surface area contributed by atoms with Crippen LogP contribution in [0.4, 0.5) is 13.2 Å². The average Bonchev–Trinajstić information content (AvgIpc) is 3.12. The summed E-state index contributed by atoms with van der Waals surface area (Å²) in [7, 11) is -2.46. The molecule has 2 aromatic carbocycles. The van der Waals surface area contributed by atoms with Crippen LogP contribution in [0.1, 0.15) is 12.6 Å². The van der Waals surface area contributed by atoms with E-state index in [4.69, 9.17) is 16.3 Å². The van der Waals surface area contributed by atoms with E-state index in [1.54, 1.807) is 0 Å². The minimum Gasteiger partial charge on any atom is -0.495 e. The fourth-order valence-electron chi connectivity index (χ4n) is 3.04. The van der Waals surface area contributed by atoms with Gasteiger partial charge in [0.2, 0.25) is 0 Å². The molecule has 0 amide bonds. The van der Waals surface area contributed by atoms with Crippen molar-refractivity contribution in [2.45, 2.75) is 18.0 Å². The summed E-state index contributed by atoms with van der Waals surface area (Å²) in [6.07, 6.45) is -4.75. The number of carbonyl (C=O) groups is 1. The largest absolute Gasteiger partial charge is 0.495 e. The second-order valence-electron chi connectivity index (χ2n) is 6.65. The molecular weight excluding hydrogens is 457 g/mol. The summed E-state index contributed by atoms with van der Waals surface area (Å²) in [5.41, 5.74) is -0.931. The van der Waals surface area contributed by atoms with Crippen molar-refractivity contribution in [3.05, 3.63) is 53.2 Å². The zero-order chi connectivity index (χ0) is 23.0. The van der Waals surface area contributed by atoms with Crippen LogP contribution in [0, 0.1) is 0 Å². The van der Waals surface area contributed by atoms with Gasteiger partial charge in [-0.15, -0.1) is 0 Å². The Balaban J connectivity index is 2.14. The number of rotatable bonds is 6. The van der Waals surface area contributed by atoms with E-state index >= 15 is 0 Å². The molecule has 0 saturated carbocycles. The zero-order valence-electron chi connectivity index (χ0n) is 16.2. The van der Waals surface area contributed by atoms with E-state index in [0.29, 0.717) is 5.75 Å². The quantitative estimate of drug-likeness (QED) is 0.557. The summed E-state index contributed by atoms with van der Waals surface area (Å²) in [6.45, 7) is 1.15. The average molecular weight is 473 g/mol. The number of aromatic nitrogens is 2. The maximum Gasteiger partial charge on any atom is 0.435 e. The van der Waals surface area contributed by atoms with E-state index in [2.05, 4.69) is 10.2 Å². The number of nitrogens with one attached hydrogen (secondary N) is 1. The molecule has 6 nitrogen and oxygen atoms in total. The van der Waals surface area contributed by atoms with Crippen molar-refractivity contribution in [1.29, 1.82) is 0 Å². The number of ether oxygens (including phenoxy) is 1. The predicted octanol–water partition coefficient (Wildman–Crippen LogP) is 4.79. The molecule has 0 atom stereocenters. The number of aromatic amines is 1. The second-order valence-corrected chi connectivity index (χ2v) is 9.05. The van der Waals surface area contributed by atoms with Gasteiger partial charge in [-0.2, -0.15) is 18.3 Å². The lowest BCUT2D eigenvalue weighted by molar-refractivity contribution is -0.140. The Morgan fingerprint density at radius 3 is 2.26 bits per heavy atom. The van der Waals surface area contributed by atoms with Crippen LogP contribution in [-0.4, -0.2) is 37.3 Å². The number of H-pyrrole nitrogens is 1. The van der Waals surface area contributed by atoms with Gasteiger partial charge in [-0.1, -0.05) is 29.8 Å². The molecule has 0 aliphatic carbocycles. The molecule has 0 spiro atoms. The number of nitrogens with zero attached hydrogens (tertiary/aromatic N) is 1. The number of carbonyl (C=O) groups excluding carboxylic acids is 1. The molecule has 0 radical (unpaired) electrons. The molecule has 1 heterocycles. The van der Waals surface area contributed by atoms with Gasteiger partial charge in [-0.25, -0.2) is 8.42 Å². The number of Topliss-reactive ketones (excluding diaryl/α,β-unsaturated/α-hetero) is 1. The van der Waals surface area contributed by atoms with Gasteiger partial charge < -0.3 is 4.74 Å². The maximum atomic E-state index is 13.6. The van der Waals surface area contributed by atoms with Crippen molar-refractivity contribution >= 4 is 27.2 Å². The van der Waals surface area contributed by atoms with E-state index in [0.717, 1.165) is 6.92 Å². The van der Waals surface area contributed by atoms with Crippen LogP contribution in [0.5, 0.6) is 5.75 Å². The molecule has 11 heteroatoms. The summed E-state index contributed by atoms with van der Waals surface area (Å²) in [6, 6.07) is 9.32. The summed E-state index contributed by atoms with van der Waals surface area (Å²) in [5.74, 6) is -0.889. The van der Waals surface area contributed by atoms with Gasteiger partial charge in [0.15, 0.2) is 15.5 Å². The Morgan fingerprint density at radius 2 is 1.74 bits per heavy atom. The Kier molecular flexibility index (Phi) is 6.15. The highest BCUT2D eigenvalue weighted by Gasteiger charge is 2.38. The first-order valence-electron chi connectivity index (χ1n) is 8.76. The maximum absolute atomic E-state index is 13.6. The van der Waals surface area contributed by atoms with Gasteiger partial charge in [0.1, 0.15) is 17.3 Å². The summed E-state index contributed by atoms with van der Waals surface area (Å²) in [5, 5.41) is 5.94. The first-order valence-corrected chi connectivity index (χ1v) is 10.8. The molecule has 0 unspecified atom stereocenters. The minimum atomic E-state index is -4.75. The fraction of sp³-hybridized carbons (Fsp3) is 0.200. The molecule has 0 aliphatic rings. The van der Waals surface area contributed by atoms with Gasteiger partial charge >= 0.3 is 6.18 Å².